The van der Waals surface area contributed by atoms with Gasteiger partial charge in [-0.1, -0.05) is 210 Å². The molecular formula is C61H90O6. The fraction of sp³-hybridized carbons (Fsp3) is 0.492. The normalized spacial score (nSPS) is 13.5. The fourth-order valence-corrected chi connectivity index (χ4v) is 6.02. The Labute approximate surface area is 409 Å². The summed E-state index contributed by atoms with van der Waals surface area (Å²) >= 11 is 0. The highest BCUT2D eigenvalue weighted by atomic mass is 16.6. The molecule has 0 aromatic carbocycles. The lowest BCUT2D eigenvalue weighted by Gasteiger charge is -2.18. The maximum absolute atomic E-state index is 12.8. The maximum Gasteiger partial charge on any atom is 0.306 e. The van der Waals surface area contributed by atoms with Crippen LogP contribution in [0.5, 0.6) is 0 Å². The van der Waals surface area contributed by atoms with Gasteiger partial charge in [-0.3, -0.25) is 14.4 Å². The van der Waals surface area contributed by atoms with E-state index in [1.54, 1.807) is 0 Å². The van der Waals surface area contributed by atoms with Gasteiger partial charge in [0.25, 0.3) is 0 Å². The van der Waals surface area contributed by atoms with E-state index in [1.165, 1.54) is 25.7 Å². The van der Waals surface area contributed by atoms with E-state index < -0.39 is 12.1 Å². The van der Waals surface area contributed by atoms with Crippen LogP contribution in [-0.4, -0.2) is 37.2 Å². The molecular weight excluding hydrogens is 829 g/mol. The summed E-state index contributed by atoms with van der Waals surface area (Å²) in [5.41, 5.74) is 0. The molecule has 0 spiro atoms. The molecule has 6 heteroatoms. The van der Waals surface area contributed by atoms with E-state index in [9.17, 15) is 14.4 Å². The smallest absolute Gasteiger partial charge is 0.306 e. The van der Waals surface area contributed by atoms with Gasteiger partial charge in [0.1, 0.15) is 13.2 Å². The largest absolute Gasteiger partial charge is 0.462 e. The van der Waals surface area contributed by atoms with Crippen LogP contribution in [0.2, 0.25) is 0 Å². The Bertz CT molecular complexity index is 1620. The van der Waals surface area contributed by atoms with Crippen molar-refractivity contribution in [3.8, 4) is 0 Å². The third kappa shape index (κ3) is 51.6. The van der Waals surface area contributed by atoms with Crippen LogP contribution < -0.4 is 0 Å². The third-order valence-corrected chi connectivity index (χ3v) is 9.81. The Hall–Kier alpha value is -5.23. The topological polar surface area (TPSA) is 78.9 Å². The van der Waals surface area contributed by atoms with Gasteiger partial charge in [0.15, 0.2) is 6.10 Å². The molecule has 0 heterocycles. The van der Waals surface area contributed by atoms with Crippen LogP contribution in [0.25, 0.3) is 0 Å². The second-order valence-electron chi connectivity index (χ2n) is 16.1. The Morgan fingerprint density at radius 2 is 0.672 bits per heavy atom. The van der Waals surface area contributed by atoms with Crippen molar-refractivity contribution in [2.24, 2.45) is 0 Å². The van der Waals surface area contributed by atoms with E-state index in [1.807, 2.05) is 48.6 Å². The van der Waals surface area contributed by atoms with Gasteiger partial charge >= 0.3 is 17.9 Å². The number of hydrogen-bond acceptors (Lipinski definition) is 6. The highest BCUT2D eigenvalue weighted by molar-refractivity contribution is 5.71. The van der Waals surface area contributed by atoms with Gasteiger partial charge in [0.05, 0.1) is 0 Å². The predicted octanol–water partition coefficient (Wildman–Crippen LogP) is 17.2. The molecule has 0 aromatic rings. The molecule has 0 radical (unpaired) electrons. The monoisotopic (exact) mass is 919 g/mol. The number of rotatable bonds is 43. The minimum atomic E-state index is -0.857. The molecule has 0 saturated heterocycles. The quantitative estimate of drug-likeness (QED) is 0.0199. The van der Waals surface area contributed by atoms with E-state index in [4.69, 9.17) is 14.2 Å². The minimum Gasteiger partial charge on any atom is -0.462 e. The Morgan fingerprint density at radius 3 is 1.12 bits per heavy atom. The molecule has 1 atom stereocenters. The summed E-state index contributed by atoms with van der Waals surface area (Å²) in [5, 5.41) is 0. The number of carbonyl (C=O) groups excluding carboxylic acids is 3. The van der Waals surface area contributed by atoms with E-state index in [2.05, 4.69) is 142 Å². The zero-order valence-electron chi connectivity index (χ0n) is 42.1. The SMILES string of the molecule is CC\C=C/C=C\C=C/C=C\C=C/CCCCCC(=O)OCC(COC(=O)CCC/C=C\C/C=C\C/C=C\C/C=C\C/C=C\CC)OC(=O)CCC/C=C\C/C=C\C/C=C\C/C=C\CCCCC. The van der Waals surface area contributed by atoms with E-state index in [0.29, 0.717) is 19.3 Å². The first-order valence-electron chi connectivity index (χ1n) is 25.7. The molecule has 1 unspecified atom stereocenters. The van der Waals surface area contributed by atoms with Crippen molar-refractivity contribution in [3.05, 3.63) is 170 Å². The van der Waals surface area contributed by atoms with E-state index >= 15 is 0 Å². The Balaban J connectivity index is 4.69. The van der Waals surface area contributed by atoms with Crippen LogP contribution in [-0.2, 0) is 28.6 Å². The standard InChI is InChI=1S/C61H90O6/c1-4-7-10-13-16-19-22-25-28-30-33-36-39-42-45-48-51-54-60(63)66-57-58(56-65-59(62)53-50-47-44-41-38-35-32-27-24-21-18-15-12-9-6-3)67-61(64)55-52-49-46-43-40-37-34-31-29-26-23-20-17-14-11-8-5-2/h7,9-10,12,15-21,24-29,32-38,42-43,45-46,58H,4-6,8,11,13-14,22-23,30-31,39-41,44,47-57H2,1-3H3/b10-7-,12-9-,18-15-,19-16-,20-17-,24-21-,28-25-,29-26-,32-27-,36-33-,37-34-,38-35-,45-42-,46-43-. The van der Waals surface area contributed by atoms with Gasteiger partial charge < -0.3 is 14.2 Å². The molecule has 0 aromatic heterocycles. The second-order valence-corrected chi connectivity index (χ2v) is 16.1. The lowest BCUT2D eigenvalue weighted by Crippen LogP contribution is -2.30. The maximum atomic E-state index is 12.8. The number of allylic oxidation sites excluding steroid dienone is 28. The number of esters is 3. The lowest BCUT2D eigenvalue weighted by atomic mass is 10.1. The van der Waals surface area contributed by atoms with Crippen LogP contribution in [0.1, 0.15) is 175 Å². The number of hydrogen-bond donors (Lipinski definition) is 0. The zero-order valence-corrected chi connectivity index (χ0v) is 42.1. The first-order chi connectivity index (χ1) is 33.0. The van der Waals surface area contributed by atoms with Crippen LogP contribution in [0.15, 0.2) is 170 Å². The highest BCUT2D eigenvalue weighted by Crippen LogP contribution is 2.09. The summed E-state index contributed by atoms with van der Waals surface area (Å²) in [6.07, 6.45) is 79.1. The Kier molecular flexibility index (Phi) is 49.2. The summed E-state index contributed by atoms with van der Waals surface area (Å²) < 4.78 is 16.7. The molecule has 6 nitrogen and oxygen atoms in total. The van der Waals surface area contributed by atoms with Crippen LogP contribution >= 0.6 is 0 Å². The third-order valence-electron chi connectivity index (χ3n) is 9.81. The lowest BCUT2D eigenvalue weighted by molar-refractivity contribution is -0.167. The van der Waals surface area contributed by atoms with Gasteiger partial charge in [-0.15, -0.1) is 0 Å². The van der Waals surface area contributed by atoms with Crippen molar-refractivity contribution >= 4 is 17.9 Å². The molecule has 0 aliphatic rings. The van der Waals surface area contributed by atoms with Crippen molar-refractivity contribution in [3.63, 3.8) is 0 Å². The first-order valence-corrected chi connectivity index (χ1v) is 25.7. The summed E-state index contributed by atoms with van der Waals surface area (Å²) in [7, 11) is 0. The van der Waals surface area contributed by atoms with Gasteiger partial charge in [-0.05, 0) is 116 Å². The molecule has 67 heavy (non-hydrogen) atoms. The zero-order chi connectivity index (χ0) is 48.6. The van der Waals surface area contributed by atoms with Crippen molar-refractivity contribution < 1.29 is 28.6 Å². The van der Waals surface area contributed by atoms with Crippen LogP contribution in [0.3, 0.4) is 0 Å². The predicted molar refractivity (Wildman–Crippen MR) is 288 cm³/mol. The molecule has 0 fully saturated rings. The summed E-state index contributed by atoms with van der Waals surface area (Å²) in [5.74, 6) is -1.12. The summed E-state index contributed by atoms with van der Waals surface area (Å²) in [4.78, 5) is 38.0. The van der Waals surface area contributed by atoms with Crippen molar-refractivity contribution in [1.82, 2.24) is 0 Å². The molecule has 0 aliphatic carbocycles. The summed E-state index contributed by atoms with van der Waals surface area (Å²) in [6, 6.07) is 0. The van der Waals surface area contributed by atoms with Gasteiger partial charge in [-0.2, -0.15) is 0 Å². The first kappa shape index (κ1) is 61.8. The Morgan fingerprint density at radius 1 is 0.328 bits per heavy atom. The molecule has 370 valence electrons. The molecule has 0 bridgehead atoms. The summed E-state index contributed by atoms with van der Waals surface area (Å²) in [6.45, 7) is 6.18. The fourth-order valence-electron chi connectivity index (χ4n) is 6.02. The average Bonchev–Trinajstić information content (AvgIpc) is 3.33. The molecule has 0 rings (SSSR count). The van der Waals surface area contributed by atoms with Gasteiger partial charge in [0, 0.05) is 19.3 Å². The number of ether oxygens (including phenoxy) is 3. The molecule has 0 amide bonds. The average molecular weight is 919 g/mol. The van der Waals surface area contributed by atoms with Crippen molar-refractivity contribution in [1.29, 1.82) is 0 Å². The molecule has 0 aliphatic heterocycles. The van der Waals surface area contributed by atoms with Crippen LogP contribution in [0, 0.1) is 0 Å². The van der Waals surface area contributed by atoms with Crippen molar-refractivity contribution in [2.45, 2.75) is 181 Å². The van der Waals surface area contributed by atoms with Crippen molar-refractivity contribution in [2.75, 3.05) is 13.2 Å². The number of carbonyl (C=O) groups is 3. The highest BCUT2D eigenvalue weighted by Gasteiger charge is 2.19. The minimum absolute atomic E-state index is 0.149. The van der Waals surface area contributed by atoms with E-state index in [-0.39, 0.29) is 44.4 Å². The van der Waals surface area contributed by atoms with Crippen LogP contribution in [0.4, 0.5) is 0 Å². The molecule has 0 saturated carbocycles. The van der Waals surface area contributed by atoms with Gasteiger partial charge in [0.2, 0.25) is 0 Å². The van der Waals surface area contributed by atoms with E-state index in [0.717, 1.165) is 89.9 Å². The van der Waals surface area contributed by atoms with Gasteiger partial charge in [-0.25, -0.2) is 0 Å². The number of unbranched alkanes of at least 4 members (excludes halogenated alkanes) is 8. The second kappa shape index (κ2) is 53.4. The molecule has 0 N–H and O–H groups in total.